The molecule has 1 atom stereocenters. The topological polar surface area (TPSA) is 84.9 Å². The van der Waals surface area contributed by atoms with Gasteiger partial charge in [-0.1, -0.05) is 49.4 Å². The fourth-order valence-electron chi connectivity index (χ4n) is 3.55. The molecule has 7 nitrogen and oxygen atoms in total. The molecule has 1 N–H and O–H groups in total. The van der Waals surface area contributed by atoms with Crippen LogP contribution in [0, 0.1) is 0 Å². The van der Waals surface area contributed by atoms with E-state index >= 15 is 0 Å². The van der Waals surface area contributed by atoms with E-state index in [-0.39, 0.29) is 16.6 Å². The second-order valence-electron chi connectivity index (χ2n) is 7.75. The van der Waals surface area contributed by atoms with Gasteiger partial charge in [-0.3, -0.25) is 9.10 Å². The monoisotopic (exact) mass is 482 g/mol. The summed E-state index contributed by atoms with van der Waals surface area (Å²) in [5.41, 5.74) is 2.34. The summed E-state index contributed by atoms with van der Waals surface area (Å²) >= 11 is 0. The molecule has 0 fully saturated rings. The number of methoxy groups -OCH3 is 2. The number of carbonyl (C=O) groups excluding carboxylic acids is 1. The van der Waals surface area contributed by atoms with Crippen LogP contribution in [-0.2, 0) is 21.2 Å². The highest BCUT2D eigenvalue weighted by Gasteiger charge is 2.30. The first-order chi connectivity index (χ1) is 16.3. The summed E-state index contributed by atoms with van der Waals surface area (Å²) < 4.78 is 39.0. The molecule has 0 aliphatic rings. The Balaban J connectivity index is 1.95. The number of hydrogen-bond donors (Lipinski definition) is 1. The van der Waals surface area contributed by atoms with Crippen LogP contribution in [0.25, 0.3) is 0 Å². The molecule has 0 aliphatic carbocycles. The highest BCUT2D eigenvalue weighted by Crippen LogP contribution is 2.35. The van der Waals surface area contributed by atoms with Crippen molar-refractivity contribution in [2.45, 2.75) is 31.2 Å². The number of nitrogens with one attached hydrogen (secondary N) is 1. The number of hydrogen-bond acceptors (Lipinski definition) is 5. The van der Waals surface area contributed by atoms with Gasteiger partial charge in [0.05, 0.1) is 30.8 Å². The quantitative estimate of drug-likeness (QED) is 0.465. The molecule has 0 unspecified atom stereocenters. The maximum atomic E-state index is 13.6. The summed E-state index contributed by atoms with van der Waals surface area (Å²) in [4.78, 5) is 13.1. The third kappa shape index (κ3) is 5.69. The lowest BCUT2D eigenvalue weighted by Gasteiger charge is -2.27. The van der Waals surface area contributed by atoms with Gasteiger partial charge in [0.15, 0.2) is 0 Å². The Kier molecular flexibility index (Phi) is 8.17. The van der Waals surface area contributed by atoms with Crippen LogP contribution >= 0.6 is 0 Å². The van der Waals surface area contributed by atoms with Crippen molar-refractivity contribution in [2.75, 3.05) is 25.1 Å². The number of carbonyl (C=O) groups is 1. The molecule has 3 aromatic rings. The first kappa shape index (κ1) is 25.1. The number of rotatable bonds is 10. The van der Waals surface area contributed by atoms with Crippen LogP contribution in [-0.4, -0.2) is 35.1 Å². The van der Waals surface area contributed by atoms with Crippen LogP contribution in [0.3, 0.4) is 0 Å². The van der Waals surface area contributed by atoms with Gasteiger partial charge < -0.3 is 14.8 Å². The number of anilines is 1. The zero-order valence-electron chi connectivity index (χ0n) is 19.8. The molecule has 0 aliphatic heterocycles. The first-order valence-electron chi connectivity index (χ1n) is 11.0. The van der Waals surface area contributed by atoms with E-state index in [1.165, 1.54) is 31.9 Å². The standard InChI is InChI=1S/C26H30N2O5S/c1-5-20-11-13-21(14-12-20)19(2)27-26(29)18-28(34(30,31)23-9-7-6-8-10-23)24-17-22(32-3)15-16-25(24)33-4/h6-17,19H,5,18H2,1-4H3,(H,27,29)/t19-/m0/s1. The van der Waals surface area contributed by atoms with E-state index in [2.05, 4.69) is 12.2 Å². The molecule has 0 saturated heterocycles. The molecule has 3 rings (SSSR count). The summed E-state index contributed by atoms with van der Waals surface area (Å²) in [6.45, 7) is 3.51. The SMILES string of the molecule is CCc1ccc([C@H](C)NC(=O)CN(c2cc(OC)ccc2OC)S(=O)(=O)c2ccccc2)cc1. The second kappa shape index (κ2) is 11.1. The summed E-state index contributed by atoms with van der Waals surface area (Å²) in [6, 6.07) is 20.5. The lowest BCUT2D eigenvalue weighted by Crippen LogP contribution is -2.41. The van der Waals surface area contributed by atoms with Crippen LogP contribution < -0.4 is 19.1 Å². The normalized spacial score (nSPS) is 12.0. The van der Waals surface area contributed by atoms with Gasteiger partial charge in [0.1, 0.15) is 18.0 Å². The Labute approximate surface area is 201 Å². The van der Waals surface area contributed by atoms with Gasteiger partial charge in [-0.15, -0.1) is 0 Å². The Morgan fingerprint density at radius 2 is 1.65 bits per heavy atom. The molecule has 8 heteroatoms. The van der Waals surface area contributed by atoms with Gasteiger partial charge in [-0.25, -0.2) is 8.42 Å². The van der Waals surface area contributed by atoms with E-state index in [0.29, 0.717) is 11.5 Å². The predicted octanol–water partition coefficient (Wildman–Crippen LogP) is 4.34. The summed E-state index contributed by atoms with van der Waals surface area (Å²) in [7, 11) is -1.15. The zero-order chi connectivity index (χ0) is 24.7. The van der Waals surface area contributed by atoms with E-state index in [9.17, 15) is 13.2 Å². The molecule has 180 valence electrons. The van der Waals surface area contributed by atoms with Crippen LogP contribution in [0.1, 0.15) is 31.0 Å². The van der Waals surface area contributed by atoms with Gasteiger partial charge in [0.2, 0.25) is 5.91 Å². The van der Waals surface area contributed by atoms with Crippen LogP contribution in [0.4, 0.5) is 5.69 Å². The van der Waals surface area contributed by atoms with E-state index in [4.69, 9.17) is 9.47 Å². The van der Waals surface area contributed by atoms with E-state index in [1.807, 2.05) is 31.2 Å². The predicted molar refractivity (Wildman–Crippen MR) is 133 cm³/mol. The lowest BCUT2D eigenvalue weighted by molar-refractivity contribution is -0.120. The summed E-state index contributed by atoms with van der Waals surface area (Å²) in [6.07, 6.45) is 0.926. The van der Waals surface area contributed by atoms with Crippen LogP contribution in [0.5, 0.6) is 11.5 Å². The largest absolute Gasteiger partial charge is 0.497 e. The van der Waals surface area contributed by atoms with Crippen molar-refractivity contribution in [2.24, 2.45) is 0 Å². The number of benzene rings is 3. The summed E-state index contributed by atoms with van der Waals surface area (Å²) in [5, 5.41) is 2.91. The van der Waals surface area contributed by atoms with Crippen molar-refractivity contribution in [3.63, 3.8) is 0 Å². The molecular weight excluding hydrogens is 452 g/mol. The van der Waals surface area contributed by atoms with E-state index < -0.39 is 22.5 Å². The van der Waals surface area contributed by atoms with E-state index in [1.54, 1.807) is 36.4 Å². The second-order valence-corrected chi connectivity index (χ2v) is 9.61. The zero-order valence-corrected chi connectivity index (χ0v) is 20.6. The van der Waals surface area contributed by atoms with Gasteiger partial charge in [-0.05, 0) is 48.7 Å². The molecule has 3 aromatic carbocycles. The maximum absolute atomic E-state index is 13.6. The lowest BCUT2D eigenvalue weighted by atomic mass is 10.1. The van der Waals surface area contributed by atoms with Gasteiger partial charge in [0.25, 0.3) is 10.0 Å². The van der Waals surface area contributed by atoms with Crippen molar-refractivity contribution >= 4 is 21.6 Å². The number of aryl methyl sites for hydroxylation is 1. The van der Waals surface area contributed by atoms with Crippen LogP contribution in [0.15, 0.2) is 77.7 Å². The number of amides is 1. The Hall–Kier alpha value is -3.52. The Bertz CT molecular complexity index is 1210. The Morgan fingerprint density at radius 1 is 0.971 bits per heavy atom. The molecular formula is C26H30N2O5S. The van der Waals surface area contributed by atoms with Gasteiger partial charge >= 0.3 is 0 Å². The number of nitrogens with zero attached hydrogens (tertiary/aromatic N) is 1. The minimum absolute atomic E-state index is 0.0656. The number of sulfonamides is 1. The molecule has 0 bridgehead atoms. The minimum atomic E-state index is -4.08. The van der Waals surface area contributed by atoms with Gasteiger partial charge in [0, 0.05) is 6.07 Å². The third-order valence-electron chi connectivity index (χ3n) is 5.54. The molecule has 0 aromatic heterocycles. The average molecular weight is 483 g/mol. The van der Waals surface area contributed by atoms with Crippen molar-refractivity contribution < 1.29 is 22.7 Å². The fraction of sp³-hybridized carbons (Fsp3) is 0.269. The van der Waals surface area contributed by atoms with Crippen molar-refractivity contribution in [3.05, 3.63) is 83.9 Å². The molecule has 0 saturated carbocycles. The molecule has 0 spiro atoms. The van der Waals surface area contributed by atoms with Gasteiger partial charge in [-0.2, -0.15) is 0 Å². The highest BCUT2D eigenvalue weighted by atomic mass is 32.2. The van der Waals surface area contributed by atoms with Crippen molar-refractivity contribution in [3.8, 4) is 11.5 Å². The fourth-order valence-corrected chi connectivity index (χ4v) is 5.00. The third-order valence-corrected chi connectivity index (χ3v) is 7.31. The van der Waals surface area contributed by atoms with Crippen molar-refractivity contribution in [1.29, 1.82) is 0 Å². The molecule has 1 amide bonds. The molecule has 0 heterocycles. The van der Waals surface area contributed by atoms with Crippen LogP contribution in [0.2, 0.25) is 0 Å². The molecule has 0 radical (unpaired) electrons. The number of ether oxygens (including phenoxy) is 2. The molecule has 34 heavy (non-hydrogen) atoms. The first-order valence-corrected chi connectivity index (χ1v) is 12.4. The average Bonchev–Trinajstić information content (AvgIpc) is 2.87. The summed E-state index contributed by atoms with van der Waals surface area (Å²) in [5.74, 6) is 0.293. The smallest absolute Gasteiger partial charge is 0.264 e. The maximum Gasteiger partial charge on any atom is 0.264 e. The highest BCUT2D eigenvalue weighted by molar-refractivity contribution is 7.92. The van der Waals surface area contributed by atoms with E-state index in [0.717, 1.165) is 16.3 Å². The minimum Gasteiger partial charge on any atom is -0.497 e. The van der Waals surface area contributed by atoms with Crippen molar-refractivity contribution in [1.82, 2.24) is 5.32 Å². The Morgan fingerprint density at radius 3 is 2.24 bits per heavy atom.